The van der Waals surface area contributed by atoms with Gasteiger partial charge in [-0.25, -0.2) is 4.68 Å². The van der Waals surface area contributed by atoms with Crippen LogP contribution in [0.5, 0.6) is 0 Å². The van der Waals surface area contributed by atoms with Crippen LogP contribution in [-0.2, 0) is 13.0 Å². The molecular formula is C19H17ClN6O3. The molecule has 0 spiro atoms. The second-order valence-corrected chi connectivity index (χ2v) is 6.95. The molecule has 0 saturated carbocycles. The number of H-pyrrole nitrogens is 1. The number of hydrogen-bond donors (Lipinski definition) is 2. The second kappa shape index (κ2) is 7.98. The minimum atomic E-state index is -0.796. The van der Waals surface area contributed by atoms with E-state index in [2.05, 4.69) is 25.4 Å². The molecule has 0 aliphatic rings. The molecule has 0 aliphatic heterocycles. The average Bonchev–Trinajstić information content (AvgIpc) is 3.38. The van der Waals surface area contributed by atoms with Gasteiger partial charge in [-0.05, 0) is 24.6 Å². The van der Waals surface area contributed by atoms with Crippen molar-refractivity contribution in [2.24, 2.45) is 0 Å². The van der Waals surface area contributed by atoms with Gasteiger partial charge >= 0.3 is 0 Å². The van der Waals surface area contributed by atoms with Crippen molar-refractivity contribution in [2.45, 2.75) is 26.0 Å². The van der Waals surface area contributed by atoms with Gasteiger partial charge < -0.3 is 9.63 Å². The lowest BCUT2D eigenvalue weighted by molar-refractivity contribution is 0.174. The minimum absolute atomic E-state index is 0.0371. The Morgan fingerprint density at radius 2 is 2.07 bits per heavy atom. The molecule has 0 bridgehead atoms. The van der Waals surface area contributed by atoms with E-state index in [1.165, 1.54) is 4.68 Å². The van der Waals surface area contributed by atoms with Crippen LogP contribution >= 0.6 is 11.6 Å². The van der Waals surface area contributed by atoms with E-state index in [0.717, 1.165) is 5.56 Å². The number of aliphatic hydroxyl groups is 1. The lowest BCUT2D eigenvalue weighted by Gasteiger charge is -2.08. The zero-order valence-corrected chi connectivity index (χ0v) is 16.2. The predicted molar refractivity (Wildman–Crippen MR) is 104 cm³/mol. The molecule has 1 atom stereocenters. The third kappa shape index (κ3) is 4.10. The Morgan fingerprint density at radius 3 is 2.79 bits per heavy atom. The lowest BCUT2D eigenvalue weighted by atomic mass is 10.1. The summed E-state index contributed by atoms with van der Waals surface area (Å²) in [5.74, 6) is 0.565. The first kappa shape index (κ1) is 19.0. The second-order valence-electron chi connectivity index (χ2n) is 6.51. The number of nitrogens with zero attached hydrogens (tertiary/aromatic N) is 5. The van der Waals surface area contributed by atoms with Crippen molar-refractivity contribution in [3.8, 4) is 11.1 Å². The van der Waals surface area contributed by atoms with E-state index in [1.54, 1.807) is 49.8 Å². The van der Waals surface area contributed by atoms with Crippen LogP contribution in [0.3, 0.4) is 0 Å². The van der Waals surface area contributed by atoms with E-state index in [4.69, 9.17) is 16.1 Å². The summed E-state index contributed by atoms with van der Waals surface area (Å²) in [6.07, 6.45) is 4.30. The fourth-order valence-corrected chi connectivity index (χ4v) is 3.05. The summed E-state index contributed by atoms with van der Waals surface area (Å²) < 4.78 is 6.47. The van der Waals surface area contributed by atoms with Gasteiger partial charge in [0.15, 0.2) is 5.82 Å². The number of halogens is 1. The molecule has 0 amide bonds. The monoisotopic (exact) mass is 412 g/mol. The van der Waals surface area contributed by atoms with Crippen LogP contribution in [0.25, 0.3) is 11.1 Å². The quantitative estimate of drug-likeness (QED) is 0.498. The minimum Gasteiger partial charge on any atom is -0.388 e. The Hall–Kier alpha value is -3.30. The maximum atomic E-state index is 12.6. The molecular weight excluding hydrogens is 396 g/mol. The van der Waals surface area contributed by atoms with Crippen LogP contribution in [0.1, 0.15) is 28.9 Å². The SMILES string of the molecule is Cc1c(-c2cn[nH]c2)cnn(Cc2nc(C[C@H](O)c3ccc(Cl)cc3)no2)c1=O. The maximum Gasteiger partial charge on any atom is 0.270 e. The van der Waals surface area contributed by atoms with Gasteiger partial charge in [0, 0.05) is 34.3 Å². The van der Waals surface area contributed by atoms with Gasteiger partial charge in [0.05, 0.1) is 18.5 Å². The van der Waals surface area contributed by atoms with Gasteiger partial charge in [-0.1, -0.05) is 28.9 Å². The third-order valence-electron chi connectivity index (χ3n) is 4.52. The zero-order valence-electron chi connectivity index (χ0n) is 15.4. The van der Waals surface area contributed by atoms with Gasteiger partial charge in [0.25, 0.3) is 5.56 Å². The van der Waals surface area contributed by atoms with Crippen LogP contribution in [-0.4, -0.2) is 35.2 Å². The molecule has 3 aromatic heterocycles. The van der Waals surface area contributed by atoms with Crippen molar-refractivity contribution in [3.63, 3.8) is 0 Å². The van der Waals surface area contributed by atoms with E-state index in [1.807, 2.05) is 0 Å². The maximum absolute atomic E-state index is 12.6. The van der Waals surface area contributed by atoms with E-state index in [0.29, 0.717) is 27.5 Å². The smallest absolute Gasteiger partial charge is 0.270 e. The predicted octanol–water partition coefficient (Wildman–Crippen LogP) is 2.30. The molecule has 0 unspecified atom stereocenters. The van der Waals surface area contributed by atoms with E-state index >= 15 is 0 Å². The third-order valence-corrected chi connectivity index (χ3v) is 4.77. The van der Waals surface area contributed by atoms with Crippen molar-refractivity contribution in [1.29, 1.82) is 0 Å². The molecule has 9 nitrogen and oxygen atoms in total. The van der Waals surface area contributed by atoms with Crippen molar-refractivity contribution in [1.82, 2.24) is 30.1 Å². The van der Waals surface area contributed by atoms with Gasteiger partial charge in [0.1, 0.15) is 6.54 Å². The number of aromatic amines is 1. The molecule has 4 rings (SSSR count). The fraction of sp³-hybridized carbons (Fsp3) is 0.211. The van der Waals surface area contributed by atoms with Crippen LogP contribution in [0, 0.1) is 6.92 Å². The van der Waals surface area contributed by atoms with Crippen LogP contribution in [0.2, 0.25) is 5.02 Å². The molecule has 0 radical (unpaired) electrons. The molecule has 29 heavy (non-hydrogen) atoms. The first-order valence-electron chi connectivity index (χ1n) is 8.82. The van der Waals surface area contributed by atoms with Crippen molar-refractivity contribution >= 4 is 11.6 Å². The highest BCUT2D eigenvalue weighted by atomic mass is 35.5. The summed E-state index contributed by atoms with van der Waals surface area (Å²) in [7, 11) is 0. The van der Waals surface area contributed by atoms with Crippen molar-refractivity contribution in [2.75, 3.05) is 0 Å². The highest BCUT2D eigenvalue weighted by molar-refractivity contribution is 6.30. The van der Waals surface area contributed by atoms with E-state index < -0.39 is 6.10 Å². The number of benzene rings is 1. The Labute approximate surface area is 170 Å². The number of hydrogen-bond acceptors (Lipinski definition) is 7. The van der Waals surface area contributed by atoms with Gasteiger partial charge in [-0.15, -0.1) is 0 Å². The number of nitrogens with one attached hydrogen (secondary N) is 1. The summed E-state index contributed by atoms with van der Waals surface area (Å²) in [4.78, 5) is 16.9. The topological polar surface area (TPSA) is 123 Å². The lowest BCUT2D eigenvalue weighted by Crippen LogP contribution is -2.26. The van der Waals surface area contributed by atoms with Gasteiger partial charge in [-0.2, -0.15) is 15.2 Å². The highest BCUT2D eigenvalue weighted by Gasteiger charge is 2.16. The summed E-state index contributed by atoms with van der Waals surface area (Å²) in [5.41, 5.74) is 2.47. The van der Waals surface area contributed by atoms with Crippen molar-refractivity contribution < 1.29 is 9.63 Å². The summed E-state index contributed by atoms with van der Waals surface area (Å²) in [6, 6.07) is 6.88. The molecule has 0 saturated heterocycles. The molecule has 1 aromatic carbocycles. The molecule has 2 N–H and O–H groups in total. The Kier molecular flexibility index (Phi) is 5.24. The average molecular weight is 413 g/mol. The van der Waals surface area contributed by atoms with E-state index in [9.17, 15) is 9.90 Å². The number of aromatic nitrogens is 6. The highest BCUT2D eigenvalue weighted by Crippen LogP contribution is 2.20. The van der Waals surface area contributed by atoms with Crippen LogP contribution in [0.15, 0.2) is 52.2 Å². The summed E-state index contributed by atoms with van der Waals surface area (Å²) in [6.45, 7) is 1.76. The fourth-order valence-electron chi connectivity index (χ4n) is 2.93. The molecule has 10 heteroatoms. The largest absolute Gasteiger partial charge is 0.388 e. The number of rotatable bonds is 6. The molecule has 4 aromatic rings. The first-order valence-corrected chi connectivity index (χ1v) is 9.20. The number of aliphatic hydroxyl groups excluding tert-OH is 1. The van der Waals surface area contributed by atoms with Crippen LogP contribution < -0.4 is 5.56 Å². The Morgan fingerprint density at radius 1 is 1.28 bits per heavy atom. The Balaban J connectivity index is 1.48. The van der Waals surface area contributed by atoms with Crippen LogP contribution in [0.4, 0.5) is 0 Å². The van der Waals surface area contributed by atoms with E-state index in [-0.39, 0.29) is 24.4 Å². The normalized spacial score (nSPS) is 12.2. The molecule has 0 fully saturated rings. The summed E-state index contributed by atoms with van der Waals surface area (Å²) >= 11 is 5.86. The Bertz CT molecular complexity index is 1170. The van der Waals surface area contributed by atoms with Gasteiger partial charge in [0.2, 0.25) is 5.89 Å². The first-order chi connectivity index (χ1) is 14.0. The molecule has 0 aliphatic carbocycles. The van der Waals surface area contributed by atoms with Gasteiger partial charge in [-0.3, -0.25) is 9.89 Å². The molecule has 3 heterocycles. The van der Waals surface area contributed by atoms with Crippen molar-refractivity contribution in [3.05, 3.63) is 81.1 Å². The molecule has 148 valence electrons. The zero-order chi connectivity index (χ0) is 20.4. The standard InChI is InChI=1S/C19H17ClN6O3/c1-11-15(13-7-21-22-8-13)9-23-26(19(11)28)10-18-24-17(25-29-18)6-16(27)12-2-4-14(20)5-3-12/h2-5,7-9,16,27H,6,10H2,1H3,(H,21,22)/t16-/m0/s1. The summed E-state index contributed by atoms with van der Waals surface area (Å²) in [5, 5.41) is 25.6.